The van der Waals surface area contributed by atoms with E-state index in [1.165, 1.54) is 60.0 Å². The third-order valence-electron chi connectivity index (χ3n) is 19.1. The van der Waals surface area contributed by atoms with Crippen molar-refractivity contribution in [2.45, 2.75) is 137 Å². The van der Waals surface area contributed by atoms with Crippen molar-refractivity contribution in [2.24, 2.45) is 56.7 Å². The average Bonchev–Trinajstić information content (AvgIpc) is 3.66. The summed E-state index contributed by atoms with van der Waals surface area (Å²) in [4.78, 5) is 13.1. The zero-order chi connectivity index (χ0) is 44.0. The molecule has 63 heavy (non-hydrogen) atoms. The Balaban J connectivity index is 0.00000595. The van der Waals surface area contributed by atoms with Crippen LogP contribution >= 0.6 is 7.26 Å². The minimum absolute atomic E-state index is 0. The summed E-state index contributed by atoms with van der Waals surface area (Å²) in [5.74, 6) is 2.66. The van der Waals surface area contributed by atoms with Gasteiger partial charge in [0.1, 0.15) is 35.9 Å². The SMILES string of the molecule is C=C(C)[C@@H]1CC[C@]2(COCC(O)COC(=O)CCCC[P+](c3ccccc3)(c3ccccc3)c3ccccc3)CC[C@]3(C)[C@H](CC[C@@H]4[C@@]5(C)CC[C@H](O)C(C)(C)[C@@H]5CC[C@]43C)[C@@H]12.[Br-]. The quantitative estimate of drug-likeness (QED) is 0.0698. The van der Waals surface area contributed by atoms with Crippen LogP contribution in [0.5, 0.6) is 0 Å². The summed E-state index contributed by atoms with van der Waals surface area (Å²) < 4.78 is 12.2. The zero-order valence-electron chi connectivity index (χ0n) is 39.4. The topological polar surface area (TPSA) is 76.0 Å². The number of benzene rings is 3. The minimum atomic E-state index is -1.94. The highest BCUT2D eigenvalue weighted by atomic mass is 79.9. The van der Waals surface area contributed by atoms with Gasteiger partial charge in [-0.3, -0.25) is 4.79 Å². The Morgan fingerprint density at radius 3 is 1.92 bits per heavy atom. The first kappa shape index (κ1) is 48.6. The van der Waals surface area contributed by atoms with E-state index in [2.05, 4.69) is 139 Å². The van der Waals surface area contributed by atoms with Crippen LogP contribution in [0.1, 0.15) is 125 Å². The lowest BCUT2D eigenvalue weighted by Crippen LogP contribution is -3.00. The van der Waals surface area contributed by atoms with Crippen molar-refractivity contribution in [3.63, 3.8) is 0 Å². The zero-order valence-corrected chi connectivity index (χ0v) is 41.9. The second kappa shape index (κ2) is 19.1. The van der Waals surface area contributed by atoms with Gasteiger partial charge in [0.15, 0.2) is 0 Å². The summed E-state index contributed by atoms with van der Waals surface area (Å²) in [7, 11) is -1.94. The molecule has 0 bridgehead atoms. The van der Waals surface area contributed by atoms with Crippen LogP contribution in [0.15, 0.2) is 103 Å². The lowest BCUT2D eigenvalue weighted by molar-refractivity contribution is -0.250. The number of ether oxygens (including phenoxy) is 2. The number of aliphatic hydroxyl groups excluding tert-OH is 2. The van der Waals surface area contributed by atoms with Gasteiger partial charge in [0.25, 0.3) is 0 Å². The van der Waals surface area contributed by atoms with Gasteiger partial charge >= 0.3 is 5.97 Å². The van der Waals surface area contributed by atoms with Crippen molar-refractivity contribution in [1.82, 2.24) is 0 Å². The van der Waals surface area contributed by atoms with E-state index in [0.29, 0.717) is 42.6 Å². The molecule has 5 aliphatic carbocycles. The lowest BCUT2D eigenvalue weighted by Gasteiger charge is -2.73. The van der Waals surface area contributed by atoms with Gasteiger partial charge in [-0.05, 0) is 177 Å². The lowest BCUT2D eigenvalue weighted by atomic mass is 9.32. The molecule has 3 aromatic carbocycles. The molecule has 1 unspecified atom stereocenters. The van der Waals surface area contributed by atoms with Gasteiger partial charge in [-0.15, -0.1) is 0 Å². The monoisotopic (exact) mass is 940 g/mol. The molecule has 0 amide bonds. The van der Waals surface area contributed by atoms with Crippen LogP contribution in [-0.4, -0.2) is 54.4 Å². The number of esters is 1. The van der Waals surface area contributed by atoms with Crippen molar-refractivity contribution in [2.75, 3.05) is 26.0 Å². The van der Waals surface area contributed by atoms with Crippen molar-refractivity contribution < 1.29 is 41.5 Å². The summed E-state index contributed by atoms with van der Waals surface area (Å²) >= 11 is 0. The third kappa shape index (κ3) is 8.51. The van der Waals surface area contributed by atoms with Crippen LogP contribution in [0.4, 0.5) is 0 Å². The van der Waals surface area contributed by atoms with Crippen molar-refractivity contribution in [3.8, 4) is 0 Å². The Labute approximate surface area is 391 Å². The van der Waals surface area contributed by atoms with Crippen LogP contribution in [0, 0.1) is 56.7 Å². The first-order chi connectivity index (χ1) is 29.6. The Morgan fingerprint density at radius 2 is 1.33 bits per heavy atom. The molecule has 7 heteroatoms. The Kier molecular flexibility index (Phi) is 14.7. The molecule has 5 aliphatic rings. The molecule has 8 rings (SSSR count). The van der Waals surface area contributed by atoms with Gasteiger partial charge < -0.3 is 36.7 Å². The minimum Gasteiger partial charge on any atom is -1.00 e. The number of fused-ring (bicyclic) bond motifs is 7. The van der Waals surface area contributed by atoms with E-state index in [1.807, 2.05) is 0 Å². The van der Waals surface area contributed by atoms with E-state index in [0.717, 1.165) is 44.7 Å². The first-order valence-electron chi connectivity index (χ1n) is 24.4. The molecule has 0 radical (unpaired) electrons. The van der Waals surface area contributed by atoms with Gasteiger partial charge in [0.05, 0.1) is 25.5 Å². The molecule has 3 aromatic rings. The summed E-state index contributed by atoms with van der Waals surface area (Å²) in [6, 6.07) is 32.7. The first-order valence-corrected chi connectivity index (χ1v) is 26.4. The molecule has 0 spiro atoms. The molecule has 0 aliphatic heterocycles. The molecule has 344 valence electrons. The highest BCUT2D eigenvalue weighted by molar-refractivity contribution is 7.95. The van der Waals surface area contributed by atoms with Crippen LogP contribution in [0.2, 0.25) is 0 Å². The number of unbranched alkanes of at least 4 members (excludes halogenated alkanes) is 1. The van der Waals surface area contributed by atoms with E-state index < -0.39 is 13.4 Å². The maximum atomic E-state index is 13.1. The second-order valence-corrected chi connectivity index (χ2v) is 25.9. The molecule has 5 fully saturated rings. The number of hydrogen-bond acceptors (Lipinski definition) is 5. The van der Waals surface area contributed by atoms with Crippen LogP contribution in [0.25, 0.3) is 0 Å². The third-order valence-corrected chi connectivity index (χ3v) is 23.6. The number of carbonyl (C=O) groups excluding carboxylic acids is 1. The normalized spacial score (nSPS) is 34.9. The molecule has 5 saturated carbocycles. The van der Waals surface area contributed by atoms with Crippen LogP contribution in [-0.2, 0) is 14.3 Å². The molecular formula is C56H78BrO5P. The van der Waals surface area contributed by atoms with Gasteiger partial charge in [0.2, 0.25) is 0 Å². The summed E-state index contributed by atoms with van der Waals surface area (Å²) in [5, 5.41) is 26.3. The largest absolute Gasteiger partial charge is 1.00 e. The van der Waals surface area contributed by atoms with Crippen molar-refractivity contribution in [1.29, 1.82) is 0 Å². The summed E-state index contributed by atoms with van der Waals surface area (Å²) in [6.45, 7) is 20.3. The summed E-state index contributed by atoms with van der Waals surface area (Å²) in [5.41, 5.74) is 2.16. The maximum Gasteiger partial charge on any atom is 0.305 e. The molecule has 2 N–H and O–H groups in total. The van der Waals surface area contributed by atoms with E-state index >= 15 is 0 Å². The average molecular weight is 942 g/mol. The number of hydrogen-bond donors (Lipinski definition) is 2. The number of rotatable bonds is 15. The maximum absolute atomic E-state index is 13.1. The predicted octanol–water partition coefficient (Wildman–Crippen LogP) is 8.09. The Morgan fingerprint density at radius 1 is 0.730 bits per heavy atom. The highest BCUT2D eigenvalue weighted by Gasteiger charge is 2.71. The van der Waals surface area contributed by atoms with Crippen LogP contribution in [0.3, 0.4) is 0 Å². The summed E-state index contributed by atoms with van der Waals surface area (Å²) in [6.07, 6.45) is 13.7. The van der Waals surface area contributed by atoms with Gasteiger partial charge in [-0.1, -0.05) is 101 Å². The molecule has 11 atom stereocenters. The van der Waals surface area contributed by atoms with E-state index in [4.69, 9.17) is 9.47 Å². The number of aliphatic hydroxyl groups is 2. The molecular weight excluding hydrogens is 863 g/mol. The Hall–Kier alpha value is -2.34. The predicted molar refractivity (Wildman–Crippen MR) is 257 cm³/mol. The Bertz CT molecular complexity index is 1910. The van der Waals surface area contributed by atoms with Crippen molar-refractivity contribution in [3.05, 3.63) is 103 Å². The highest BCUT2D eigenvalue weighted by Crippen LogP contribution is 2.77. The van der Waals surface area contributed by atoms with Crippen molar-refractivity contribution >= 4 is 29.1 Å². The molecule has 0 saturated heterocycles. The smallest absolute Gasteiger partial charge is 0.305 e. The van der Waals surface area contributed by atoms with E-state index in [1.54, 1.807) is 0 Å². The standard InChI is InChI=1S/C56H78O5P.BrH/c1-40(2)45-28-33-56(35-34-54(6)46(51(45)56)26-27-48-53(5)31-30-49(58)52(3,4)47(53)29-32-55(48,54)7)39-60-37-41(57)38-61-50(59)25-17-18-36-62(42-19-11-8-12-20-42,43-21-13-9-14-22-43)44-23-15-10-16-24-44;/h8-16,19-24,41,45-49,51,57-58H,1,17-18,25-39H2,2-7H3;1H/q+1;/p-1/t41?,45-,46+,47-,48+,49-,51+,53-,54+,55+,56+;/m0./s1. The molecule has 0 aromatic heterocycles. The van der Waals surface area contributed by atoms with Crippen LogP contribution < -0.4 is 32.9 Å². The van der Waals surface area contributed by atoms with Gasteiger partial charge in [-0.2, -0.15) is 0 Å². The number of halogens is 1. The second-order valence-electron chi connectivity index (χ2n) is 22.3. The van der Waals surface area contributed by atoms with E-state index in [-0.39, 0.29) is 69.3 Å². The van der Waals surface area contributed by atoms with Gasteiger partial charge in [-0.25, -0.2) is 0 Å². The fourth-order valence-corrected chi connectivity index (χ4v) is 20.1. The fourth-order valence-electron chi connectivity index (χ4n) is 15.7. The number of carbonyl (C=O) groups is 1. The van der Waals surface area contributed by atoms with E-state index in [9.17, 15) is 15.0 Å². The van der Waals surface area contributed by atoms with Gasteiger partial charge in [0, 0.05) is 6.42 Å². The fraction of sp³-hybridized carbons (Fsp3) is 0.625. The molecule has 5 nitrogen and oxygen atoms in total. The number of allylic oxidation sites excluding steroid dienone is 1. The molecule has 0 heterocycles.